The predicted octanol–water partition coefficient (Wildman–Crippen LogP) is 5.85. The standard InChI is InChI=1S/C18H24O/c1-2-3-4-5-6-7-11-16-12-8-9-13-17(16)18-14-10-15-19-18/h8-10,12-15H,2-7,11H2,1H3. The molecule has 0 spiro atoms. The van der Waals surface area contributed by atoms with Crippen LogP contribution >= 0.6 is 0 Å². The second-order valence-electron chi connectivity index (χ2n) is 5.15. The van der Waals surface area contributed by atoms with Crippen molar-refractivity contribution in [1.82, 2.24) is 0 Å². The molecule has 0 aliphatic heterocycles. The summed E-state index contributed by atoms with van der Waals surface area (Å²) in [6.07, 6.45) is 11.0. The number of benzene rings is 1. The lowest BCUT2D eigenvalue weighted by atomic mass is 9.99. The molecule has 2 aromatic rings. The van der Waals surface area contributed by atoms with Gasteiger partial charge in [-0.15, -0.1) is 0 Å². The minimum absolute atomic E-state index is 0.988. The maximum atomic E-state index is 5.52. The molecule has 1 aromatic heterocycles. The largest absolute Gasteiger partial charge is 0.464 e. The highest BCUT2D eigenvalue weighted by atomic mass is 16.3. The zero-order valence-electron chi connectivity index (χ0n) is 11.9. The van der Waals surface area contributed by atoms with E-state index < -0.39 is 0 Å². The molecular weight excluding hydrogens is 232 g/mol. The summed E-state index contributed by atoms with van der Waals surface area (Å²) in [4.78, 5) is 0. The Balaban J connectivity index is 1.87. The highest BCUT2D eigenvalue weighted by Crippen LogP contribution is 2.25. The number of hydrogen-bond donors (Lipinski definition) is 0. The third-order valence-electron chi connectivity index (χ3n) is 3.60. The van der Waals surface area contributed by atoms with E-state index >= 15 is 0 Å². The number of furan rings is 1. The maximum absolute atomic E-state index is 5.52. The van der Waals surface area contributed by atoms with Crippen LogP contribution in [-0.4, -0.2) is 0 Å². The highest BCUT2D eigenvalue weighted by Gasteiger charge is 2.06. The minimum atomic E-state index is 0.988. The summed E-state index contributed by atoms with van der Waals surface area (Å²) >= 11 is 0. The number of hydrogen-bond acceptors (Lipinski definition) is 1. The fraction of sp³-hybridized carbons (Fsp3) is 0.444. The zero-order chi connectivity index (χ0) is 13.3. The molecule has 1 aromatic carbocycles. The molecule has 0 N–H and O–H groups in total. The van der Waals surface area contributed by atoms with Crippen molar-refractivity contribution in [3.63, 3.8) is 0 Å². The lowest BCUT2D eigenvalue weighted by Gasteiger charge is -2.07. The molecule has 0 unspecified atom stereocenters. The van der Waals surface area contributed by atoms with Gasteiger partial charge in [0.05, 0.1) is 6.26 Å². The molecule has 0 aliphatic rings. The van der Waals surface area contributed by atoms with Gasteiger partial charge in [0, 0.05) is 5.56 Å². The number of rotatable bonds is 8. The number of aryl methyl sites for hydroxylation is 1. The first-order chi connectivity index (χ1) is 9.42. The molecule has 0 aliphatic carbocycles. The van der Waals surface area contributed by atoms with Crippen LogP contribution in [0.5, 0.6) is 0 Å². The lowest BCUT2D eigenvalue weighted by Crippen LogP contribution is -1.90. The Kier molecular flexibility index (Phi) is 5.74. The van der Waals surface area contributed by atoms with Crippen molar-refractivity contribution in [3.05, 3.63) is 48.2 Å². The summed E-state index contributed by atoms with van der Waals surface area (Å²) in [5.41, 5.74) is 2.66. The Bertz CT molecular complexity index is 456. The molecular formula is C18H24O. The second-order valence-corrected chi connectivity index (χ2v) is 5.15. The van der Waals surface area contributed by atoms with E-state index in [9.17, 15) is 0 Å². The summed E-state index contributed by atoms with van der Waals surface area (Å²) in [5, 5.41) is 0. The van der Waals surface area contributed by atoms with Gasteiger partial charge in [-0.05, 0) is 30.5 Å². The summed E-state index contributed by atoms with van der Waals surface area (Å²) < 4.78 is 5.52. The van der Waals surface area contributed by atoms with Crippen LogP contribution in [0.1, 0.15) is 51.0 Å². The van der Waals surface area contributed by atoms with Gasteiger partial charge in [-0.3, -0.25) is 0 Å². The SMILES string of the molecule is CCCCCCCCc1ccccc1-c1ccco1. The Morgan fingerprint density at radius 1 is 0.842 bits per heavy atom. The maximum Gasteiger partial charge on any atom is 0.134 e. The quantitative estimate of drug-likeness (QED) is 0.540. The molecule has 0 bridgehead atoms. The third-order valence-corrected chi connectivity index (χ3v) is 3.60. The van der Waals surface area contributed by atoms with Crippen molar-refractivity contribution >= 4 is 0 Å². The van der Waals surface area contributed by atoms with E-state index in [4.69, 9.17) is 4.42 Å². The van der Waals surface area contributed by atoms with Crippen molar-refractivity contribution in [2.24, 2.45) is 0 Å². The van der Waals surface area contributed by atoms with E-state index in [1.54, 1.807) is 6.26 Å². The summed E-state index contributed by atoms with van der Waals surface area (Å²) in [7, 11) is 0. The molecule has 0 saturated heterocycles. The highest BCUT2D eigenvalue weighted by molar-refractivity contribution is 5.61. The lowest BCUT2D eigenvalue weighted by molar-refractivity contribution is 0.580. The molecule has 19 heavy (non-hydrogen) atoms. The van der Waals surface area contributed by atoms with Gasteiger partial charge in [0.1, 0.15) is 5.76 Å². The summed E-state index contributed by atoms with van der Waals surface area (Å²) in [5.74, 6) is 0.988. The zero-order valence-corrected chi connectivity index (χ0v) is 11.9. The van der Waals surface area contributed by atoms with Crippen molar-refractivity contribution in [1.29, 1.82) is 0 Å². The van der Waals surface area contributed by atoms with Crippen molar-refractivity contribution in [2.45, 2.75) is 51.9 Å². The Morgan fingerprint density at radius 3 is 2.42 bits per heavy atom. The number of unbranched alkanes of at least 4 members (excludes halogenated alkanes) is 5. The van der Waals surface area contributed by atoms with Crippen LogP contribution in [0, 0.1) is 0 Å². The summed E-state index contributed by atoms with van der Waals surface area (Å²) in [6.45, 7) is 2.26. The molecule has 102 valence electrons. The van der Waals surface area contributed by atoms with E-state index in [1.165, 1.54) is 49.7 Å². The predicted molar refractivity (Wildman–Crippen MR) is 81.2 cm³/mol. The molecule has 1 nitrogen and oxygen atoms in total. The normalized spacial score (nSPS) is 10.8. The van der Waals surface area contributed by atoms with E-state index in [0.717, 1.165) is 12.2 Å². The average Bonchev–Trinajstić information content (AvgIpc) is 2.97. The van der Waals surface area contributed by atoms with Crippen molar-refractivity contribution in [2.75, 3.05) is 0 Å². The Morgan fingerprint density at radius 2 is 1.63 bits per heavy atom. The van der Waals surface area contributed by atoms with Gasteiger partial charge in [-0.1, -0.05) is 63.3 Å². The van der Waals surface area contributed by atoms with Crippen LogP contribution in [0.25, 0.3) is 11.3 Å². The molecule has 0 saturated carbocycles. The first-order valence-electron chi connectivity index (χ1n) is 7.53. The van der Waals surface area contributed by atoms with Gasteiger partial charge in [-0.25, -0.2) is 0 Å². The molecule has 2 rings (SSSR count). The molecule has 1 heteroatoms. The average molecular weight is 256 g/mol. The second kappa shape index (κ2) is 7.83. The van der Waals surface area contributed by atoms with Crippen LogP contribution in [0.3, 0.4) is 0 Å². The van der Waals surface area contributed by atoms with Crippen LogP contribution in [0.4, 0.5) is 0 Å². The molecule has 0 atom stereocenters. The fourth-order valence-corrected chi connectivity index (χ4v) is 2.51. The minimum Gasteiger partial charge on any atom is -0.464 e. The van der Waals surface area contributed by atoms with Crippen LogP contribution in [0.15, 0.2) is 47.1 Å². The molecule has 0 amide bonds. The monoisotopic (exact) mass is 256 g/mol. The Labute approximate surface area is 116 Å². The van der Waals surface area contributed by atoms with Gasteiger partial charge in [0.25, 0.3) is 0 Å². The van der Waals surface area contributed by atoms with E-state index in [1.807, 2.05) is 12.1 Å². The van der Waals surface area contributed by atoms with Crippen LogP contribution < -0.4 is 0 Å². The first-order valence-corrected chi connectivity index (χ1v) is 7.53. The van der Waals surface area contributed by atoms with E-state index in [0.29, 0.717) is 0 Å². The van der Waals surface area contributed by atoms with Gasteiger partial charge < -0.3 is 4.42 Å². The van der Waals surface area contributed by atoms with Crippen molar-refractivity contribution in [3.8, 4) is 11.3 Å². The van der Waals surface area contributed by atoms with Crippen LogP contribution in [-0.2, 0) is 6.42 Å². The Hall–Kier alpha value is -1.50. The third kappa shape index (κ3) is 4.27. The smallest absolute Gasteiger partial charge is 0.134 e. The molecule has 1 heterocycles. The van der Waals surface area contributed by atoms with Gasteiger partial charge in [0.2, 0.25) is 0 Å². The van der Waals surface area contributed by atoms with E-state index in [2.05, 4.69) is 31.2 Å². The van der Waals surface area contributed by atoms with Gasteiger partial charge in [-0.2, -0.15) is 0 Å². The van der Waals surface area contributed by atoms with Crippen molar-refractivity contribution < 1.29 is 4.42 Å². The fourth-order valence-electron chi connectivity index (χ4n) is 2.51. The molecule has 0 radical (unpaired) electrons. The summed E-state index contributed by atoms with van der Waals surface area (Å²) in [6, 6.07) is 12.6. The van der Waals surface area contributed by atoms with Gasteiger partial charge >= 0.3 is 0 Å². The van der Waals surface area contributed by atoms with Gasteiger partial charge in [0.15, 0.2) is 0 Å². The molecule has 0 fully saturated rings. The first kappa shape index (κ1) is 13.9. The van der Waals surface area contributed by atoms with E-state index in [-0.39, 0.29) is 0 Å². The topological polar surface area (TPSA) is 13.1 Å². The van der Waals surface area contributed by atoms with Crippen LogP contribution in [0.2, 0.25) is 0 Å².